The molecule has 0 bridgehead atoms. The third-order valence-electron chi connectivity index (χ3n) is 2.16. The van der Waals surface area contributed by atoms with Crippen molar-refractivity contribution in [1.82, 2.24) is 14.4 Å². The number of primary amides is 1. The van der Waals surface area contributed by atoms with Crippen molar-refractivity contribution in [3.8, 4) is 0 Å². The van der Waals surface area contributed by atoms with Gasteiger partial charge in [0.1, 0.15) is 17.7 Å². The van der Waals surface area contributed by atoms with Gasteiger partial charge in [-0.2, -0.15) is 0 Å². The molecular formula is C10H12N4O. The maximum Gasteiger partial charge on any atom is 0.267 e. The van der Waals surface area contributed by atoms with Crippen molar-refractivity contribution in [1.29, 1.82) is 0 Å². The van der Waals surface area contributed by atoms with Gasteiger partial charge in [0, 0.05) is 12.3 Å². The van der Waals surface area contributed by atoms with Crippen molar-refractivity contribution in [2.45, 2.75) is 19.8 Å². The van der Waals surface area contributed by atoms with E-state index >= 15 is 0 Å². The molecule has 78 valence electrons. The molecule has 0 aliphatic heterocycles. The minimum atomic E-state index is -0.530. The first-order valence-electron chi connectivity index (χ1n) is 4.84. The molecule has 15 heavy (non-hydrogen) atoms. The Bertz CT molecular complexity index is 503. The monoisotopic (exact) mass is 204 g/mol. The molecule has 2 heterocycles. The number of aromatic nitrogens is 3. The number of nitrogens with two attached hydrogens (primary N) is 1. The predicted octanol–water partition coefficient (Wildman–Crippen LogP) is 0.781. The summed E-state index contributed by atoms with van der Waals surface area (Å²) >= 11 is 0. The number of hydrogen-bond acceptors (Lipinski definition) is 3. The Hall–Kier alpha value is -1.91. The summed E-state index contributed by atoms with van der Waals surface area (Å²) in [6, 6.07) is 1.60. The molecule has 2 aromatic rings. The lowest BCUT2D eigenvalue weighted by molar-refractivity contribution is 0.0995. The van der Waals surface area contributed by atoms with Gasteiger partial charge in [-0.15, -0.1) is 0 Å². The zero-order chi connectivity index (χ0) is 10.8. The van der Waals surface area contributed by atoms with Crippen LogP contribution in [0.5, 0.6) is 0 Å². The summed E-state index contributed by atoms with van der Waals surface area (Å²) in [6.07, 6.45) is 5.44. The first-order chi connectivity index (χ1) is 7.20. The van der Waals surface area contributed by atoms with Gasteiger partial charge < -0.3 is 5.73 Å². The van der Waals surface area contributed by atoms with Crippen LogP contribution in [0.1, 0.15) is 29.5 Å². The number of hydrogen-bond donors (Lipinski definition) is 1. The molecular weight excluding hydrogens is 192 g/mol. The van der Waals surface area contributed by atoms with E-state index in [0.29, 0.717) is 5.65 Å². The van der Waals surface area contributed by atoms with Gasteiger partial charge in [-0.3, -0.25) is 9.20 Å². The molecule has 0 saturated carbocycles. The Balaban J connectivity index is 2.47. The summed E-state index contributed by atoms with van der Waals surface area (Å²) in [4.78, 5) is 19.2. The highest BCUT2D eigenvalue weighted by atomic mass is 16.1. The molecule has 5 heteroatoms. The quantitative estimate of drug-likeness (QED) is 0.802. The van der Waals surface area contributed by atoms with Crippen molar-refractivity contribution < 1.29 is 4.79 Å². The largest absolute Gasteiger partial charge is 0.364 e. The molecule has 0 aliphatic rings. The maximum atomic E-state index is 10.9. The van der Waals surface area contributed by atoms with Gasteiger partial charge in [0.2, 0.25) is 0 Å². The molecule has 2 rings (SSSR count). The summed E-state index contributed by atoms with van der Waals surface area (Å²) in [5.41, 5.74) is 7.09. The Morgan fingerprint density at radius 1 is 1.60 bits per heavy atom. The van der Waals surface area contributed by atoms with E-state index in [4.69, 9.17) is 5.73 Å². The van der Waals surface area contributed by atoms with Crippen LogP contribution in [0, 0.1) is 0 Å². The van der Waals surface area contributed by atoms with Crippen molar-refractivity contribution >= 4 is 11.6 Å². The van der Waals surface area contributed by atoms with Crippen LogP contribution >= 0.6 is 0 Å². The molecule has 5 nitrogen and oxygen atoms in total. The maximum absolute atomic E-state index is 10.9. The number of imidazole rings is 1. The zero-order valence-electron chi connectivity index (χ0n) is 8.47. The second-order valence-electron chi connectivity index (χ2n) is 3.39. The average molecular weight is 204 g/mol. The molecule has 0 saturated heterocycles. The van der Waals surface area contributed by atoms with Crippen LogP contribution in [0.4, 0.5) is 0 Å². The van der Waals surface area contributed by atoms with E-state index in [2.05, 4.69) is 16.9 Å². The lowest BCUT2D eigenvalue weighted by Gasteiger charge is -1.94. The van der Waals surface area contributed by atoms with Crippen LogP contribution in [0.3, 0.4) is 0 Å². The van der Waals surface area contributed by atoms with E-state index in [1.54, 1.807) is 16.8 Å². The molecule has 2 aromatic heterocycles. The van der Waals surface area contributed by atoms with Crippen LogP contribution in [0.2, 0.25) is 0 Å². The zero-order valence-corrected chi connectivity index (χ0v) is 8.47. The summed E-state index contributed by atoms with van der Waals surface area (Å²) < 4.78 is 1.79. The Morgan fingerprint density at radius 3 is 3.07 bits per heavy atom. The van der Waals surface area contributed by atoms with E-state index < -0.39 is 5.91 Å². The second kappa shape index (κ2) is 3.68. The van der Waals surface area contributed by atoms with Gasteiger partial charge in [-0.25, -0.2) is 9.97 Å². The van der Waals surface area contributed by atoms with Crippen molar-refractivity contribution in [3.05, 3.63) is 30.0 Å². The van der Waals surface area contributed by atoms with E-state index in [1.807, 2.05) is 6.20 Å². The fourth-order valence-electron chi connectivity index (χ4n) is 1.46. The van der Waals surface area contributed by atoms with Gasteiger partial charge in [-0.05, 0) is 6.42 Å². The average Bonchev–Trinajstić information content (AvgIpc) is 2.59. The first-order valence-corrected chi connectivity index (χ1v) is 4.84. The molecule has 0 aromatic carbocycles. The summed E-state index contributed by atoms with van der Waals surface area (Å²) in [6.45, 7) is 2.09. The smallest absolute Gasteiger partial charge is 0.267 e. The summed E-state index contributed by atoms with van der Waals surface area (Å²) in [5, 5.41) is 0. The van der Waals surface area contributed by atoms with Crippen LogP contribution in [0.25, 0.3) is 5.65 Å². The van der Waals surface area contributed by atoms with Gasteiger partial charge in [-0.1, -0.05) is 13.3 Å². The van der Waals surface area contributed by atoms with E-state index in [0.717, 1.165) is 18.5 Å². The van der Waals surface area contributed by atoms with Gasteiger partial charge >= 0.3 is 0 Å². The SMILES string of the molecule is CCCc1cn2cnc(C(N)=O)cc2n1. The number of rotatable bonds is 3. The minimum absolute atomic E-state index is 0.246. The second-order valence-corrected chi connectivity index (χ2v) is 3.39. The lowest BCUT2D eigenvalue weighted by Crippen LogP contribution is -2.13. The number of carbonyl (C=O) groups excluding carboxylic acids is 1. The molecule has 0 aliphatic carbocycles. The van der Waals surface area contributed by atoms with Gasteiger partial charge in [0.05, 0.1) is 5.69 Å². The van der Waals surface area contributed by atoms with E-state index in [1.165, 1.54) is 0 Å². The van der Waals surface area contributed by atoms with Crippen molar-refractivity contribution in [3.63, 3.8) is 0 Å². The van der Waals surface area contributed by atoms with E-state index in [-0.39, 0.29) is 5.69 Å². The molecule has 0 atom stereocenters. The summed E-state index contributed by atoms with van der Waals surface area (Å²) in [5.74, 6) is -0.530. The molecule has 0 unspecified atom stereocenters. The Labute approximate surface area is 87.0 Å². The molecule has 0 fully saturated rings. The highest BCUT2D eigenvalue weighted by Gasteiger charge is 2.05. The normalized spacial score (nSPS) is 10.7. The lowest BCUT2D eigenvalue weighted by atomic mass is 10.3. The standard InChI is InChI=1S/C10H12N4O/c1-2-3-7-5-14-6-12-8(10(11)15)4-9(14)13-7/h4-6H,2-3H2,1H3,(H2,11,15). The van der Waals surface area contributed by atoms with Crippen molar-refractivity contribution in [2.24, 2.45) is 5.73 Å². The molecule has 1 amide bonds. The van der Waals surface area contributed by atoms with Gasteiger partial charge in [0.25, 0.3) is 5.91 Å². The molecule has 2 N–H and O–H groups in total. The number of fused-ring (bicyclic) bond motifs is 1. The highest BCUT2D eigenvalue weighted by Crippen LogP contribution is 2.07. The number of aryl methyl sites for hydroxylation is 1. The van der Waals surface area contributed by atoms with Crippen LogP contribution in [-0.2, 0) is 6.42 Å². The summed E-state index contributed by atoms with van der Waals surface area (Å²) in [7, 11) is 0. The fraction of sp³-hybridized carbons (Fsp3) is 0.300. The van der Waals surface area contributed by atoms with Crippen LogP contribution < -0.4 is 5.73 Å². The third kappa shape index (κ3) is 1.81. The minimum Gasteiger partial charge on any atom is -0.364 e. The highest BCUT2D eigenvalue weighted by molar-refractivity contribution is 5.91. The first kappa shape index (κ1) is 9.64. The fourth-order valence-corrected chi connectivity index (χ4v) is 1.46. The Kier molecular flexibility index (Phi) is 2.37. The van der Waals surface area contributed by atoms with Crippen molar-refractivity contribution in [2.75, 3.05) is 0 Å². The number of nitrogens with zero attached hydrogens (tertiary/aromatic N) is 3. The molecule has 0 radical (unpaired) electrons. The van der Waals surface area contributed by atoms with Crippen LogP contribution in [0.15, 0.2) is 18.6 Å². The third-order valence-corrected chi connectivity index (χ3v) is 2.16. The number of carbonyl (C=O) groups is 1. The van der Waals surface area contributed by atoms with Crippen LogP contribution in [-0.4, -0.2) is 20.3 Å². The van der Waals surface area contributed by atoms with Gasteiger partial charge in [0.15, 0.2) is 0 Å². The molecule has 0 spiro atoms. The topological polar surface area (TPSA) is 73.3 Å². The number of amides is 1. The Morgan fingerprint density at radius 2 is 2.40 bits per heavy atom. The predicted molar refractivity (Wildman–Crippen MR) is 55.5 cm³/mol. The van der Waals surface area contributed by atoms with E-state index in [9.17, 15) is 4.79 Å².